The van der Waals surface area contributed by atoms with E-state index in [1.165, 1.54) is 0 Å². The van der Waals surface area contributed by atoms with E-state index in [0.717, 1.165) is 19.3 Å². The molecular formula is C16H29NO5. The molecule has 1 aliphatic rings. The Morgan fingerprint density at radius 3 is 2.45 bits per heavy atom. The average Bonchev–Trinajstić information content (AvgIpc) is 2.59. The van der Waals surface area contributed by atoms with Crippen LogP contribution >= 0.6 is 0 Å². The molecule has 6 heteroatoms. The van der Waals surface area contributed by atoms with Gasteiger partial charge in [-0.15, -0.1) is 0 Å². The van der Waals surface area contributed by atoms with Gasteiger partial charge in [-0.1, -0.05) is 26.2 Å². The molecule has 0 saturated carbocycles. The van der Waals surface area contributed by atoms with Gasteiger partial charge in [0.15, 0.2) is 6.10 Å². The SMILES string of the molecule is CCCCC[C@H](NC(=O)OC(C)(C)C)C1OC(C)(C)OC1=O. The number of hydrogen-bond donors (Lipinski definition) is 1. The highest BCUT2D eigenvalue weighted by molar-refractivity contribution is 5.79. The maximum atomic E-state index is 12.0. The highest BCUT2D eigenvalue weighted by Crippen LogP contribution is 2.27. The molecule has 0 aliphatic carbocycles. The van der Waals surface area contributed by atoms with Crippen molar-refractivity contribution >= 4 is 12.1 Å². The first kappa shape index (κ1) is 18.7. The van der Waals surface area contributed by atoms with E-state index in [0.29, 0.717) is 6.42 Å². The lowest BCUT2D eigenvalue weighted by Gasteiger charge is -2.26. The summed E-state index contributed by atoms with van der Waals surface area (Å²) in [6.07, 6.45) is 2.28. The number of carbonyl (C=O) groups excluding carboxylic acids is 2. The molecular weight excluding hydrogens is 286 g/mol. The van der Waals surface area contributed by atoms with Crippen molar-refractivity contribution in [2.45, 2.75) is 90.8 Å². The molecule has 1 saturated heterocycles. The van der Waals surface area contributed by atoms with Crippen LogP contribution in [0.4, 0.5) is 4.79 Å². The third-order valence-electron chi connectivity index (χ3n) is 3.18. The van der Waals surface area contributed by atoms with Gasteiger partial charge in [0.1, 0.15) is 5.60 Å². The van der Waals surface area contributed by atoms with Crippen LogP contribution in [0, 0.1) is 0 Å². The summed E-state index contributed by atoms with van der Waals surface area (Å²) in [6, 6.07) is -0.448. The largest absolute Gasteiger partial charge is 0.444 e. The summed E-state index contributed by atoms with van der Waals surface area (Å²) < 4.78 is 16.1. The van der Waals surface area contributed by atoms with Gasteiger partial charge in [-0.3, -0.25) is 0 Å². The molecule has 1 aliphatic heterocycles. The van der Waals surface area contributed by atoms with E-state index in [2.05, 4.69) is 12.2 Å². The Balaban J connectivity index is 2.71. The molecule has 0 spiro atoms. The number of amides is 1. The Hall–Kier alpha value is -1.30. The zero-order valence-electron chi connectivity index (χ0n) is 14.5. The summed E-state index contributed by atoms with van der Waals surface area (Å²) in [5.74, 6) is -1.40. The molecule has 0 aromatic rings. The Bertz CT molecular complexity index is 400. The van der Waals surface area contributed by atoms with Crippen molar-refractivity contribution in [3.05, 3.63) is 0 Å². The third kappa shape index (κ3) is 6.22. The average molecular weight is 315 g/mol. The van der Waals surface area contributed by atoms with Crippen molar-refractivity contribution in [3.8, 4) is 0 Å². The lowest BCUT2D eigenvalue weighted by molar-refractivity contribution is -0.161. The minimum atomic E-state index is -0.958. The van der Waals surface area contributed by atoms with E-state index in [1.54, 1.807) is 34.6 Å². The molecule has 1 amide bonds. The second kappa shape index (κ2) is 7.31. The Kier molecular flexibility index (Phi) is 6.23. The zero-order valence-corrected chi connectivity index (χ0v) is 14.5. The van der Waals surface area contributed by atoms with Crippen molar-refractivity contribution in [1.82, 2.24) is 5.32 Å². The quantitative estimate of drug-likeness (QED) is 0.602. The zero-order chi connectivity index (χ0) is 17.0. The van der Waals surface area contributed by atoms with Gasteiger partial charge in [-0.05, 0) is 27.2 Å². The number of cyclic esters (lactones) is 1. The minimum Gasteiger partial charge on any atom is -0.444 e. The van der Waals surface area contributed by atoms with Crippen LogP contribution in [0.3, 0.4) is 0 Å². The number of esters is 1. The number of alkyl carbamates (subject to hydrolysis) is 1. The Morgan fingerprint density at radius 1 is 1.36 bits per heavy atom. The molecule has 0 radical (unpaired) electrons. The van der Waals surface area contributed by atoms with Crippen LogP contribution in [0.5, 0.6) is 0 Å². The van der Waals surface area contributed by atoms with E-state index in [4.69, 9.17) is 14.2 Å². The van der Waals surface area contributed by atoms with Gasteiger partial charge in [0.25, 0.3) is 0 Å². The molecule has 0 bridgehead atoms. The van der Waals surface area contributed by atoms with Gasteiger partial charge >= 0.3 is 12.1 Å². The smallest absolute Gasteiger partial charge is 0.407 e. The summed E-state index contributed by atoms with van der Waals surface area (Å²) >= 11 is 0. The van der Waals surface area contributed by atoms with E-state index in [9.17, 15) is 9.59 Å². The molecule has 1 rings (SSSR count). The highest BCUT2D eigenvalue weighted by Gasteiger charge is 2.45. The van der Waals surface area contributed by atoms with Gasteiger partial charge in [0.2, 0.25) is 5.79 Å². The van der Waals surface area contributed by atoms with Crippen LogP contribution in [0.1, 0.15) is 67.2 Å². The maximum Gasteiger partial charge on any atom is 0.407 e. The van der Waals surface area contributed by atoms with Crippen molar-refractivity contribution in [3.63, 3.8) is 0 Å². The molecule has 2 atom stereocenters. The fourth-order valence-electron chi connectivity index (χ4n) is 2.30. The van der Waals surface area contributed by atoms with E-state index in [1.807, 2.05) is 0 Å². The first-order valence-electron chi connectivity index (χ1n) is 7.94. The monoisotopic (exact) mass is 315 g/mol. The molecule has 1 N–H and O–H groups in total. The van der Waals surface area contributed by atoms with Crippen LogP contribution in [0.25, 0.3) is 0 Å². The molecule has 1 heterocycles. The summed E-state index contributed by atoms with van der Waals surface area (Å²) in [4.78, 5) is 24.0. The predicted octanol–water partition coefficient (Wildman–Crippen LogP) is 3.14. The highest BCUT2D eigenvalue weighted by atomic mass is 16.8. The third-order valence-corrected chi connectivity index (χ3v) is 3.18. The van der Waals surface area contributed by atoms with Crippen LogP contribution in [-0.2, 0) is 19.0 Å². The minimum absolute atomic E-state index is 0.442. The van der Waals surface area contributed by atoms with E-state index < -0.39 is 35.6 Å². The molecule has 0 aromatic heterocycles. The standard InChI is InChI=1S/C16H29NO5/c1-7-8-9-10-11(17-14(19)22-15(2,3)4)12-13(18)21-16(5,6)20-12/h11-12H,7-10H2,1-6H3,(H,17,19)/t11-,12?/m0/s1. The fraction of sp³-hybridized carbons (Fsp3) is 0.875. The summed E-state index contributed by atoms with van der Waals surface area (Å²) in [6.45, 7) is 10.8. The van der Waals surface area contributed by atoms with Crippen LogP contribution < -0.4 is 5.32 Å². The Morgan fingerprint density at radius 2 is 2.00 bits per heavy atom. The van der Waals surface area contributed by atoms with Crippen molar-refractivity contribution in [2.24, 2.45) is 0 Å². The number of carbonyl (C=O) groups is 2. The lowest BCUT2D eigenvalue weighted by Crippen LogP contribution is -2.48. The van der Waals surface area contributed by atoms with Gasteiger partial charge in [-0.2, -0.15) is 0 Å². The number of unbranched alkanes of at least 4 members (excludes halogenated alkanes) is 2. The van der Waals surface area contributed by atoms with Crippen LogP contribution in [0.2, 0.25) is 0 Å². The number of rotatable bonds is 6. The van der Waals surface area contributed by atoms with Crippen LogP contribution in [-0.4, -0.2) is 35.6 Å². The summed E-state index contributed by atoms with van der Waals surface area (Å²) in [5, 5.41) is 2.76. The Labute approximate surface area is 132 Å². The number of hydrogen-bond acceptors (Lipinski definition) is 5. The lowest BCUT2D eigenvalue weighted by atomic mass is 10.0. The number of nitrogens with one attached hydrogen (secondary N) is 1. The normalized spacial score (nSPS) is 22.1. The first-order valence-corrected chi connectivity index (χ1v) is 7.94. The maximum absolute atomic E-state index is 12.0. The van der Waals surface area contributed by atoms with Gasteiger partial charge in [-0.25, -0.2) is 9.59 Å². The molecule has 6 nitrogen and oxygen atoms in total. The summed E-state index contributed by atoms with van der Waals surface area (Å²) in [5.41, 5.74) is -0.589. The molecule has 22 heavy (non-hydrogen) atoms. The second-order valence-electron chi connectivity index (χ2n) is 7.11. The van der Waals surface area contributed by atoms with Crippen molar-refractivity contribution in [2.75, 3.05) is 0 Å². The number of ether oxygens (including phenoxy) is 3. The second-order valence-corrected chi connectivity index (χ2v) is 7.11. The van der Waals surface area contributed by atoms with E-state index in [-0.39, 0.29) is 0 Å². The van der Waals surface area contributed by atoms with E-state index >= 15 is 0 Å². The molecule has 128 valence electrons. The van der Waals surface area contributed by atoms with Crippen LogP contribution in [0.15, 0.2) is 0 Å². The van der Waals surface area contributed by atoms with Crippen molar-refractivity contribution < 1.29 is 23.8 Å². The first-order chi connectivity index (χ1) is 10.0. The summed E-state index contributed by atoms with van der Waals surface area (Å²) in [7, 11) is 0. The fourth-order valence-corrected chi connectivity index (χ4v) is 2.30. The molecule has 0 aromatic carbocycles. The van der Waals surface area contributed by atoms with Gasteiger partial charge in [0.05, 0.1) is 6.04 Å². The predicted molar refractivity (Wildman–Crippen MR) is 82.3 cm³/mol. The van der Waals surface area contributed by atoms with Gasteiger partial charge in [0, 0.05) is 13.8 Å². The molecule has 1 unspecified atom stereocenters. The topological polar surface area (TPSA) is 73.9 Å². The van der Waals surface area contributed by atoms with Gasteiger partial charge < -0.3 is 19.5 Å². The molecule has 1 fully saturated rings. The van der Waals surface area contributed by atoms with Crippen molar-refractivity contribution in [1.29, 1.82) is 0 Å².